The number of anilines is 1. The van der Waals surface area contributed by atoms with Crippen LogP contribution in [0.3, 0.4) is 0 Å². The second kappa shape index (κ2) is 3.18. The standard InChI is InChI=1S/C8H12N2O3S2/c1-8(11)4-10(5-8)15(12,13)7-2-6(9)3-14-7/h2-3,11H,4-5,9H2,1H3. The summed E-state index contributed by atoms with van der Waals surface area (Å²) in [6.07, 6.45) is 0. The van der Waals surface area contributed by atoms with Crippen molar-refractivity contribution in [3.8, 4) is 0 Å². The molecule has 5 nitrogen and oxygen atoms in total. The Morgan fingerprint density at radius 1 is 1.60 bits per heavy atom. The van der Waals surface area contributed by atoms with Gasteiger partial charge in [0.1, 0.15) is 4.21 Å². The highest BCUT2D eigenvalue weighted by atomic mass is 32.2. The Labute approximate surface area is 92.2 Å². The average molecular weight is 248 g/mol. The summed E-state index contributed by atoms with van der Waals surface area (Å²) in [7, 11) is -3.44. The SMILES string of the molecule is CC1(O)CN(S(=O)(=O)c2cc(N)cs2)C1. The van der Waals surface area contributed by atoms with Crippen molar-refractivity contribution >= 4 is 27.0 Å². The number of nitrogens with two attached hydrogens (primary N) is 1. The predicted octanol–water partition coefficient (Wildman–Crippen LogP) is 0.0856. The van der Waals surface area contributed by atoms with Crippen LogP contribution in [0.5, 0.6) is 0 Å². The van der Waals surface area contributed by atoms with E-state index in [-0.39, 0.29) is 17.3 Å². The molecule has 1 saturated heterocycles. The lowest BCUT2D eigenvalue weighted by Gasteiger charge is -2.42. The second-order valence-corrected chi connectivity index (χ2v) is 7.05. The van der Waals surface area contributed by atoms with Gasteiger partial charge in [-0.2, -0.15) is 4.31 Å². The quantitative estimate of drug-likeness (QED) is 0.776. The number of nitrogen functional groups attached to an aromatic ring is 1. The van der Waals surface area contributed by atoms with Crippen molar-refractivity contribution in [3.05, 3.63) is 11.4 Å². The summed E-state index contributed by atoms with van der Waals surface area (Å²) in [5.74, 6) is 0. The van der Waals surface area contributed by atoms with Crippen molar-refractivity contribution in [1.29, 1.82) is 0 Å². The molecule has 1 aliphatic heterocycles. The summed E-state index contributed by atoms with van der Waals surface area (Å²) in [4.78, 5) is 0. The number of aliphatic hydroxyl groups is 1. The third-order valence-corrected chi connectivity index (χ3v) is 5.45. The minimum Gasteiger partial charge on any atom is -0.398 e. The smallest absolute Gasteiger partial charge is 0.252 e. The lowest BCUT2D eigenvalue weighted by Crippen LogP contribution is -2.61. The van der Waals surface area contributed by atoms with E-state index in [4.69, 9.17) is 5.73 Å². The van der Waals surface area contributed by atoms with Gasteiger partial charge in [-0.15, -0.1) is 11.3 Å². The lowest BCUT2D eigenvalue weighted by molar-refractivity contribution is -0.0425. The molecule has 1 aromatic rings. The predicted molar refractivity (Wildman–Crippen MR) is 58.1 cm³/mol. The van der Waals surface area contributed by atoms with Gasteiger partial charge in [-0.1, -0.05) is 0 Å². The Hall–Kier alpha value is -0.630. The van der Waals surface area contributed by atoms with Gasteiger partial charge in [0.25, 0.3) is 10.0 Å². The van der Waals surface area contributed by atoms with E-state index < -0.39 is 15.6 Å². The van der Waals surface area contributed by atoms with Gasteiger partial charge in [-0.05, 0) is 13.0 Å². The van der Waals surface area contributed by atoms with E-state index in [2.05, 4.69) is 0 Å². The Balaban J connectivity index is 2.23. The maximum Gasteiger partial charge on any atom is 0.252 e. The summed E-state index contributed by atoms with van der Waals surface area (Å²) in [5, 5.41) is 11.1. The first-order valence-corrected chi connectivity index (χ1v) is 6.70. The Kier molecular flexibility index (Phi) is 2.30. The van der Waals surface area contributed by atoms with E-state index in [1.54, 1.807) is 12.3 Å². The molecule has 0 spiro atoms. The fraction of sp³-hybridized carbons (Fsp3) is 0.500. The largest absolute Gasteiger partial charge is 0.398 e. The molecule has 1 aromatic heterocycles. The van der Waals surface area contributed by atoms with Crippen molar-refractivity contribution in [2.75, 3.05) is 18.8 Å². The molecular formula is C8H12N2O3S2. The summed E-state index contributed by atoms with van der Waals surface area (Å²) in [5.41, 5.74) is 5.02. The van der Waals surface area contributed by atoms with Crippen LogP contribution in [0.2, 0.25) is 0 Å². The highest BCUT2D eigenvalue weighted by molar-refractivity contribution is 7.91. The minimum absolute atomic E-state index is 0.146. The van der Waals surface area contributed by atoms with Crippen LogP contribution in [0.25, 0.3) is 0 Å². The van der Waals surface area contributed by atoms with E-state index >= 15 is 0 Å². The number of nitrogens with zero attached hydrogens (tertiary/aromatic N) is 1. The van der Waals surface area contributed by atoms with E-state index in [1.807, 2.05) is 0 Å². The van der Waals surface area contributed by atoms with Gasteiger partial charge >= 0.3 is 0 Å². The minimum atomic E-state index is -3.44. The summed E-state index contributed by atoms with van der Waals surface area (Å²) >= 11 is 1.10. The summed E-state index contributed by atoms with van der Waals surface area (Å²) < 4.78 is 25.3. The van der Waals surface area contributed by atoms with Gasteiger partial charge in [0.2, 0.25) is 0 Å². The van der Waals surface area contributed by atoms with Crippen LogP contribution in [-0.2, 0) is 10.0 Å². The van der Waals surface area contributed by atoms with E-state index in [0.29, 0.717) is 5.69 Å². The number of β-amino-alcohol motifs (C(OH)–C–C–N with tert-alkyl or cyclic N) is 1. The van der Waals surface area contributed by atoms with Crippen LogP contribution >= 0.6 is 11.3 Å². The first-order chi connectivity index (χ1) is 6.81. The molecule has 1 aliphatic rings. The van der Waals surface area contributed by atoms with Gasteiger partial charge in [-0.25, -0.2) is 8.42 Å². The second-order valence-electron chi connectivity index (χ2n) is 3.97. The Bertz CT molecular complexity index is 470. The van der Waals surface area contributed by atoms with Crippen molar-refractivity contribution in [3.63, 3.8) is 0 Å². The fourth-order valence-electron chi connectivity index (χ4n) is 1.48. The average Bonchev–Trinajstić information content (AvgIpc) is 2.48. The molecule has 0 amide bonds. The molecule has 0 unspecified atom stereocenters. The number of sulfonamides is 1. The molecule has 7 heteroatoms. The molecule has 15 heavy (non-hydrogen) atoms. The molecule has 0 saturated carbocycles. The molecule has 84 valence electrons. The maximum atomic E-state index is 11.9. The van der Waals surface area contributed by atoms with Crippen molar-refractivity contribution in [2.45, 2.75) is 16.7 Å². The first kappa shape index (κ1) is 10.9. The van der Waals surface area contributed by atoms with Crippen LogP contribution in [0.4, 0.5) is 5.69 Å². The molecular weight excluding hydrogens is 236 g/mol. The third-order valence-electron chi connectivity index (χ3n) is 2.22. The van der Waals surface area contributed by atoms with Crippen LogP contribution in [-0.4, -0.2) is 36.5 Å². The van der Waals surface area contributed by atoms with Crippen molar-refractivity contribution in [2.24, 2.45) is 0 Å². The fourth-order valence-corrected chi connectivity index (χ4v) is 4.38. The lowest BCUT2D eigenvalue weighted by atomic mass is 10.0. The van der Waals surface area contributed by atoms with Crippen molar-refractivity contribution in [1.82, 2.24) is 4.31 Å². The van der Waals surface area contributed by atoms with Crippen LogP contribution < -0.4 is 5.73 Å². The number of rotatable bonds is 2. The molecule has 3 N–H and O–H groups in total. The number of hydrogen-bond acceptors (Lipinski definition) is 5. The normalized spacial score (nSPS) is 21.2. The molecule has 2 rings (SSSR count). The van der Waals surface area contributed by atoms with E-state index in [0.717, 1.165) is 11.3 Å². The Morgan fingerprint density at radius 3 is 2.60 bits per heavy atom. The molecule has 0 aromatic carbocycles. The third kappa shape index (κ3) is 1.87. The maximum absolute atomic E-state index is 11.9. The van der Waals surface area contributed by atoms with Gasteiger partial charge in [0.05, 0.1) is 5.60 Å². The molecule has 2 heterocycles. The van der Waals surface area contributed by atoms with Crippen LogP contribution in [0.1, 0.15) is 6.92 Å². The van der Waals surface area contributed by atoms with Gasteiger partial charge in [-0.3, -0.25) is 0 Å². The van der Waals surface area contributed by atoms with Crippen molar-refractivity contribution < 1.29 is 13.5 Å². The van der Waals surface area contributed by atoms with E-state index in [1.165, 1.54) is 10.4 Å². The molecule has 0 aliphatic carbocycles. The first-order valence-electron chi connectivity index (χ1n) is 4.38. The van der Waals surface area contributed by atoms with Gasteiger partial charge in [0.15, 0.2) is 0 Å². The summed E-state index contributed by atoms with van der Waals surface area (Å²) in [6.45, 7) is 1.90. The molecule has 1 fully saturated rings. The zero-order valence-corrected chi connectivity index (χ0v) is 9.81. The molecule has 0 radical (unpaired) electrons. The van der Waals surface area contributed by atoms with E-state index in [9.17, 15) is 13.5 Å². The number of thiophene rings is 1. The summed E-state index contributed by atoms with van der Waals surface area (Å²) in [6, 6.07) is 1.44. The van der Waals surface area contributed by atoms with Crippen LogP contribution in [0, 0.1) is 0 Å². The highest BCUT2D eigenvalue weighted by Crippen LogP contribution is 2.31. The topological polar surface area (TPSA) is 83.6 Å². The van der Waals surface area contributed by atoms with Gasteiger partial charge < -0.3 is 10.8 Å². The zero-order valence-electron chi connectivity index (χ0n) is 8.17. The number of hydrogen-bond donors (Lipinski definition) is 2. The molecule has 0 atom stereocenters. The monoisotopic (exact) mass is 248 g/mol. The highest BCUT2D eigenvalue weighted by Gasteiger charge is 2.44. The van der Waals surface area contributed by atoms with Crippen LogP contribution in [0.15, 0.2) is 15.7 Å². The molecule has 0 bridgehead atoms. The van der Waals surface area contributed by atoms with Gasteiger partial charge in [0, 0.05) is 24.2 Å². The zero-order chi connectivity index (χ0) is 11.3. The Morgan fingerprint density at radius 2 is 2.20 bits per heavy atom.